The average Bonchev–Trinajstić information content (AvgIpc) is 2.26. The van der Waals surface area contributed by atoms with E-state index in [1.165, 1.54) is 19.1 Å². The molecule has 4 nitrogen and oxygen atoms in total. The molecule has 16 heavy (non-hydrogen) atoms. The van der Waals surface area contributed by atoms with E-state index in [4.69, 9.17) is 11.6 Å². The molecule has 0 radical (unpaired) electrons. The van der Waals surface area contributed by atoms with Gasteiger partial charge in [-0.3, -0.25) is 14.9 Å². The first-order chi connectivity index (χ1) is 7.54. The van der Waals surface area contributed by atoms with Crippen molar-refractivity contribution in [3.8, 4) is 0 Å². The van der Waals surface area contributed by atoms with Crippen LogP contribution in [0.1, 0.15) is 12.5 Å². The topological polar surface area (TPSA) is 60.2 Å². The Morgan fingerprint density at radius 2 is 2.00 bits per heavy atom. The minimum atomic E-state index is -0.471. The van der Waals surface area contributed by atoms with Gasteiger partial charge in [-0.05, 0) is 30.7 Å². The lowest BCUT2D eigenvalue weighted by Crippen LogP contribution is -1.97. The maximum atomic E-state index is 11.1. The van der Waals surface area contributed by atoms with Gasteiger partial charge >= 0.3 is 0 Å². The number of benzene rings is 1. The molecule has 5 heteroatoms. The summed E-state index contributed by atoms with van der Waals surface area (Å²) >= 11 is 5.60. The van der Waals surface area contributed by atoms with Crippen LogP contribution >= 0.6 is 11.6 Å². The first-order valence-electron chi connectivity index (χ1n) is 4.56. The molecule has 0 fully saturated rings. The Balaban J connectivity index is 2.98. The lowest BCUT2D eigenvalue weighted by atomic mass is 10.1. The van der Waals surface area contributed by atoms with Crippen LogP contribution < -0.4 is 0 Å². The molecule has 0 aliphatic carbocycles. The highest BCUT2D eigenvalue weighted by Crippen LogP contribution is 2.15. The number of allylic oxidation sites excluding steroid dienone is 1. The van der Waals surface area contributed by atoms with E-state index >= 15 is 0 Å². The summed E-state index contributed by atoms with van der Waals surface area (Å²) in [6.45, 7) is 1.43. The molecular weight excluding hydrogens is 230 g/mol. The number of hydrogen-bond acceptors (Lipinski definition) is 3. The highest BCUT2D eigenvalue weighted by Gasteiger charge is 2.05. The second-order valence-corrected chi connectivity index (χ2v) is 3.48. The van der Waals surface area contributed by atoms with Crippen molar-refractivity contribution in [2.24, 2.45) is 0 Å². The highest BCUT2D eigenvalue weighted by atomic mass is 35.5. The number of rotatable bonds is 4. The summed E-state index contributed by atoms with van der Waals surface area (Å²) < 4.78 is 0. The molecular formula is C11H10ClNO3. The van der Waals surface area contributed by atoms with E-state index in [9.17, 15) is 14.9 Å². The number of ketones is 1. The summed E-state index contributed by atoms with van der Waals surface area (Å²) in [6.07, 6.45) is 1.62. The number of carbonyl (C=O) groups excluding carboxylic acids is 1. The third-order valence-corrected chi connectivity index (χ3v) is 2.33. The second kappa shape index (κ2) is 5.42. The third kappa shape index (κ3) is 3.17. The predicted molar refractivity (Wildman–Crippen MR) is 62.5 cm³/mol. The van der Waals surface area contributed by atoms with Gasteiger partial charge in [0, 0.05) is 17.7 Å². The average molecular weight is 240 g/mol. The van der Waals surface area contributed by atoms with Crippen LogP contribution in [0.5, 0.6) is 0 Å². The van der Waals surface area contributed by atoms with Gasteiger partial charge in [-0.25, -0.2) is 0 Å². The Labute approximate surface area is 97.7 Å². The number of Topliss-reactive ketones (excluding diaryl/α,β-unsaturated/α-hetero) is 1. The second-order valence-electron chi connectivity index (χ2n) is 3.21. The van der Waals surface area contributed by atoms with Gasteiger partial charge in [0.05, 0.1) is 10.8 Å². The number of halogens is 1. The molecule has 0 spiro atoms. The Kier molecular flexibility index (Phi) is 4.19. The molecule has 0 aliphatic rings. The standard InChI is InChI=1S/C11H10ClNO3/c1-8(14)10(7-12)6-9-2-4-11(5-3-9)13(15)16/h2-6H,7H2,1H3. The van der Waals surface area contributed by atoms with Crippen molar-refractivity contribution in [2.75, 3.05) is 5.88 Å². The fourth-order valence-corrected chi connectivity index (χ4v) is 1.39. The fraction of sp³-hybridized carbons (Fsp3) is 0.182. The predicted octanol–water partition coefficient (Wildman–Crippen LogP) is 2.81. The molecule has 0 heterocycles. The number of nitrogens with zero attached hydrogens (tertiary/aromatic N) is 1. The Bertz CT molecular complexity index is 437. The minimum Gasteiger partial charge on any atom is -0.295 e. The monoisotopic (exact) mass is 239 g/mol. The molecule has 0 unspecified atom stereocenters. The molecule has 1 rings (SSSR count). The van der Waals surface area contributed by atoms with Crippen molar-refractivity contribution in [3.05, 3.63) is 45.5 Å². The molecule has 0 saturated carbocycles. The lowest BCUT2D eigenvalue weighted by molar-refractivity contribution is -0.384. The van der Waals surface area contributed by atoms with E-state index in [2.05, 4.69) is 0 Å². The van der Waals surface area contributed by atoms with E-state index < -0.39 is 4.92 Å². The number of non-ortho nitro benzene ring substituents is 1. The van der Waals surface area contributed by atoms with Crippen molar-refractivity contribution in [1.29, 1.82) is 0 Å². The van der Waals surface area contributed by atoms with Crippen molar-refractivity contribution in [2.45, 2.75) is 6.92 Å². The molecule has 1 aromatic carbocycles. The van der Waals surface area contributed by atoms with Gasteiger partial charge < -0.3 is 0 Å². The fourth-order valence-electron chi connectivity index (χ4n) is 1.13. The summed E-state index contributed by atoms with van der Waals surface area (Å²) in [5.41, 5.74) is 1.22. The van der Waals surface area contributed by atoms with Crippen molar-refractivity contribution >= 4 is 29.1 Å². The maximum Gasteiger partial charge on any atom is 0.269 e. The van der Waals surface area contributed by atoms with Crippen molar-refractivity contribution < 1.29 is 9.72 Å². The quantitative estimate of drug-likeness (QED) is 0.351. The zero-order valence-electron chi connectivity index (χ0n) is 8.64. The van der Waals surface area contributed by atoms with Gasteiger partial charge in [0.15, 0.2) is 5.78 Å². The SMILES string of the molecule is CC(=O)C(=Cc1ccc([N+](=O)[O-])cc1)CCl. The molecule has 0 N–H and O–H groups in total. The zero-order valence-corrected chi connectivity index (χ0v) is 9.40. The Morgan fingerprint density at radius 3 is 2.38 bits per heavy atom. The molecule has 84 valence electrons. The molecule has 0 aromatic heterocycles. The molecule has 0 atom stereocenters. The summed E-state index contributed by atoms with van der Waals surface area (Å²) in [6, 6.07) is 5.93. The first-order valence-corrected chi connectivity index (χ1v) is 5.10. The smallest absolute Gasteiger partial charge is 0.269 e. The molecule has 0 aliphatic heterocycles. The van der Waals surface area contributed by atoms with Crippen molar-refractivity contribution in [1.82, 2.24) is 0 Å². The molecule has 1 aromatic rings. The number of nitro benzene ring substituents is 1. The van der Waals surface area contributed by atoms with Gasteiger partial charge in [-0.15, -0.1) is 11.6 Å². The zero-order chi connectivity index (χ0) is 12.1. The van der Waals surface area contributed by atoms with Gasteiger partial charge in [0.25, 0.3) is 5.69 Å². The van der Waals surface area contributed by atoms with Crippen LogP contribution in [0, 0.1) is 10.1 Å². The van der Waals surface area contributed by atoms with Gasteiger partial charge in [-0.2, -0.15) is 0 Å². The van der Waals surface area contributed by atoms with E-state index in [1.54, 1.807) is 18.2 Å². The number of nitro groups is 1. The van der Waals surface area contributed by atoms with Gasteiger partial charge in [-0.1, -0.05) is 0 Å². The Morgan fingerprint density at radius 1 is 1.44 bits per heavy atom. The highest BCUT2D eigenvalue weighted by molar-refractivity contribution is 6.23. The molecule has 0 saturated heterocycles. The van der Waals surface area contributed by atoms with Crippen LogP contribution in [0.2, 0.25) is 0 Å². The van der Waals surface area contributed by atoms with E-state index in [0.29, 0.717) is 5.57 Å². The van der Waals surface area contributed by atoms with Crippen LogP contribution in [-0.2, 0) is 4.79 Å². The van der Waals surface area contributed by atoms with Gasteiger partial charge in [0.1, 0.15) is 0 Å². The number of hydrogen-bond donors (Lipinski definition) is 0. The third-order valence-electron chi connectivity index (χ3n) is 2.04. The molecule has 0 bridgehead atoms. The van der Waals surface area contributed by atoms with Crippen LogP contribution in [0.3, 0.4) is 0 Å². The van der Waals surface area contributed by atoms with E-state index in [0.717, 1.165) is 5.56 Å². The normalized spacial score (nSPS) is 11.2. The first kappa shape index (κ1) is 12.4. The summed E-state index contributed by atoms with van der Waals surface area (Å²) in [5.74, 6) is 0.0279. The van der Waals surface area contributed by atoms with Crippen molar-refractivity contribution in [3.63, 3.8) is 0 Å². The van der Waals surface area contributed by atoms with E-state index in [-0.39, 0.29) is 17.4 Å². The largest absolute Gasteiger partial charge is 0.295 e. The van der Waals surface area contributed by atoms with Crippen LogP contribution in [0.15, 0.2) is 29.8 Å². The lowest BCUT2D eigenvalue weighted by Gasteiger charge is -1.98. The summed E-state index contributed by atoms with van der Waals surface area (Å²) in [5, 5.41) is 10.4. The van der Waals surface area contributed by atoms with Crippen LogP contribution in [0.4, 0.5) is 5.69 Å². The summed E-state index contributed by atoms with van der Waals surface area (Å²) in [7, 11) is 0. The number of alkyl halides is 1. The van der Waals surface area contributed by atoms with Crippen LogP contribution in [0.25, 0.3) is 6.08 Å². The summed E-state index contributed by atoms with van der Waals surface area (Å²) in [4.78, 5) is 21.0. The van der Waals surface area contributed by atoms with E-state index in [1.807, 2.05) is 0 Å². The molecule has 0 amide bonds. The Hall–Kier alpha value is -1.68. The maximum absolute atomic E-state index is 11.1. The minimum absolute atomic E-state index is 0.0207. The van der Waals surface area contributed by atoms with Gasteiger partial charge in [0.2, 0.25) is 0 Å². The van der Waals surface area contributed by atoms with Crippen LogP contribution in [-0.4, -0.2) is 16.6 Å². The number of carbonyl (C=O) groups is 1.